The van der Waals surface area contributed by atoms with Crippen LogP contribution < -0.4 is 10.6 Å². The van der Waals surface area contributed by atoms with Crippen LogP contribution in [0.5, 0.6) is 0 Å². The third-order valence-corrected chi connectivity index (χ3v) is 3.79. The Morgan fingerprint density at radius 2 is 2.00 bits per heavy atom. The molecule has 2 N–H and O–H groups in total. The highest BCUT2D eigenvalue weighted by atomic mass is 35.5. The molecule has 0 aliphatic carbocycles. The molecule has 1 aliphatic heterocycles. The van der Waals surface area contributed by atoms with Crippen molar-refractivity contribution in [1.82, 2.24) is 10.2 Å². The Morgan fingerprint density at radius 1 is 1.35 bits per heavy atom. The van der Waals surface area contributed by atoms with Crippen molar-refractivity contribution in [1.29, 1.82) is 0 Å². The average molecular weight is 298 g/mol. The van der Waals surface area contributed by atoms with Gasteiger partial charge in [0, 0.05) is 24.8 Å². The minimum absolute atomic E-state index is 0. The maximum Gasteiger partial charge on any atom is 0.238 e. The van der Waals surface area contributed by atoms with Gasteiger partial charge in [-0.05, 0) is 38.4 Å². The Bertz CT molecular complexity index is 444. The van der Waals surface area contributed by atoms with Crippen molar-refractivity contribution in [2.75, 3.05) is 32.0 Å². The topological polar surface area (TPSA) is 44.4 Å². The second kappa shape index (κ2) is 7.62. The van der Waals surface area contributed by atoms with E-state index >= 15 is 0 Å². The zero-order valence-electron chi connectivity index (χ0n) is 12.4. The summed E-state index contributed by atoms with van der Waals surface area (Å²) >= 11 is 0. The molecular formula is C15H24ClN3O. The molecule has 1 amide bonds. The fourth-order valence-electron chi connectivity index (χ4n) is 2.61. The second-order valence-corrected chi connectivity index (χ2v) is 5.32. The maximum absolute atomic E-state index is 12.1. The first-order chi connectivity index (χ1) is 9.10. The van der Waals surface area contributed by atoms with Crippen molar-refractivity contribution in [3.05, 3.63) is 29.3 Å². The fraction of sp³-hybridized carbons (Fsp3) is 0.533. The van der Waals surface area contributed by atoms with E-state index in [1.54, 1.807) is 0 Å². The lowest BCUT2D eigenvalue weighted by molar-refractivity contribution is -0.117. The van der Waals surface area contributed by atoms with Gasteiger partial charge < -0.3 is 10.6 Å². The SMILES string of the molecule is CNC1CCN(CC(=O)Nc2c(C)cccc2C)C1.Cl. The number of amides is 1. The van der Waals surface area contributed by atoms with E-state index in [-0.39, 0.29) is 18.3 Å². The molecule has 1 aromatic carbocycles. The van der Waals surface area contributed by atoms with Crippen LogP contribution in [0, 0.1) is 13.8 Å². The van der Waals surface area contributed by atoms with Crippen LogP contribution in [0.15, 0.2) is 18.2 Å². The summed E-state index contributed by atoms with van der Waals surface area (Å²) < 4.78 is 0. The number of benzene rings is 1. The van der Waals surface area contributed by atoms with Crippen molar-refractivity contribution in [2.24, 2.45) is 0 Å². The van der Waals surface area contributed by atoms with E-state index in [1.165, 1.54) is 0 Å². The number of nitrogens with one attached hydrogen (secondary N) is 2. The zero-order chi connectivity index (χ0) is 13.8. The third-order valence-electron chi connectivity index (χ3n) is 3.79. The van der Waals surface area contributed by atoms with Gasteiger partial charge in [0.15, 0.2) is 0 Å². The number of carbonyl (C=O) groups is 1. The first-order valence-electron chi connectivity index (χ1n) is 6.86. The molecule has 2 rings (SSSR count). The molecule has 0 spiro atoms. The summed E-state index contributed by atoms with van der Waals surface area (Å²) in [5.41, 5.74) is 3.18. The minimum Gasteiger partial charge on any atom is -0.324 e. The Kier molecular flexibility index (Phi) is 6.46. The van der Waals surface area contributed by atoms with Crippen molar-refractivity contribution in [2.45, 2.75) is 26.3 Å². The molecule has 5 heteroatoms. The van der Waals surface area contributed by atoms with Crippen LogP contribution in [0.25, 0.3) is 0 Å². The summed E-state index contributed by atoms with van der Waals surface area (Å²) in [6, 6.07) is 6.58. The van der Waals surface area contributed by atoms with Gasteiger partial charge in [-0.15, -0.1) is 12.4 Å². The lowest BCUT2D eigenvalue weighted by Crippen LogP contribution is -2.34. The molecule has 1 aromatic rings. The van der Waals surface area contributed by atoms with Crippen LogP contribution in [0.4, 0.5) is 5.69 Å². The molecule has 1 fully saturated rings. The predicted octanol–water partition coefficient (Wildman–Crippen LogP) is 1.96. The summed E-state index contributed by atoms with van der Waals surface area (Å²) in [6.45, 7) is 6.47. The van der Waals surface area contributed by atoms with Crippen LogP contribution in [0.1, 0.15) is 17.5 Å². The van der Waals surface area contributed by atoms with Crippen LogP contribution in [0.3, 0.4) is 0 Å². The molecule has 0 radical (unpaired) electrons. The highest BCUT2D eigenvalue weighted by Crippen LogP contribution is 2.19. The molecule has 0 bridgehead atoms. The molecule has 1 unspecified atom stereocenters. The number of nitrogens with zero attached hydrogens (tertiary/aromatic N) is 1. The molecule has 1 heterocycles. The molecule has 20 heavy (non-hydrogen) atoms. The summed E-state index contributed by atoms with van der Waals surface area (Å²) in [4.78, 5) is 14.3. The quantitative estimate of drug-likeness (QED) is 0.893. The molecule has 0 aromatic heterocycles. The summed E-state index contributed by atoms with van der Waals surface area (Å²) in [7, 11) is 1.98. The van der Waals surface area contributed by atoms with Gasteiger partial charge in [0.1, 0.15) is 0 Å². The van der Waals surface area contributed by atoms with Crippen molar-refractivity contribution >= 4 is 24.0 Å². The fourth-order valence-corrected chi connectivity index (χ4v) is 2.61. The standard InChI is InChI=1S/C15H23N3O.ClH/c1-11-5-4-6-12(2)15(11)17-14(19)10-18-8-7-13(9-18)16-3;/h4-6,13,16H,7-10H2,1-3H3,(H,17,19);1H. The molecule has 112 valence electrons. The van der Waals surface area contributed by atoms with E-state index in [4.69, 9.17) is 0 Å². The number of likely N-dealkylation sites (tertiary alicyclic amines) is 1. The van der Waals surface area contributed by atoms with E-state index in [1.807, 2.05) is 39.1 Å². The van der Waals surface area contributed by atoms with Gasteiger partial charge in [0.05, 0.1) is 6.54 Å². The van der Waals surface area contributed by atoms with E-state index in [0.717, 1.165) is 36.3 Å². The lowest BCUT2D eigenvalue weighted by Gasteiger charge is -2.17. The monoisotopic (exact) mass is 297 g/mol. The third kappa shape index (κ3) is 4.20. The molecule has 1 atom stereocenters. The first-order valence-corrected chi connectivity index (χ1v) is 6.86. The van der Waals surface area contributed by atoms with Crippen molar-refractivity contribution < 1.29 is 4.79 Å². The average Bonchev–Trinajstić information content (AvgIpc) is 2.81. The van der Waals surface area contributed by atoms with E-state index in [2.05, 4.69) is 15.5 Å². The minimum atomic E-state index is 0. The molecule has 1 saturated heterocycles. The second-order valence-electron chi connectivity index (χ2n) is 5.32. The number of anilines is 1. The number of likely N-dealkylation sites (N-methyl/N-ethyl adjacent to an activating group) is 1. The molecule has 0 saturated carbocycles. The Hall–Kier alpha value is -1.10. The van der Waals surface area contributed by atoms with Gasteiger partial charge in [-0.1, -0.05) is 18.2 Å². The molecular weight excluding hydrogens is 274 g/mol. The normalized spacial score (nSPS) is 18.6. The van der Waals surface area contributed by atoms with Gasteiger partial charge in [-0.25, -0.2) is 0 Å². The summed E-state index contributed by atoms with van der Waals surface area (Å²) in [6.07, 6.45) is 1.12. The smallest absolute Gasteiger partial charge is 0.238 e. The van der Waals surface area contributed by atoms with E-state index < -0.39 is 0 Å². The Balaban J connectivity index is 0.00000200. The predicted molar refractivity (Wildman–Crippen MR) is 85.7 cm³/mol. The Labute approximate surface area is 127 Å². The number of halogens is 1. The number of hydrogen-bond donors (Lipinski definition) is 2. The number of aryl methyl sites for hydroxylation is 2. The molecule has 4 nitrogen and oxygen atoms in total. The van der Waals surface area contributed by atoms with E-state index in [9.17, 15) is 4.79 Å². The number of para-hydroxylation sites is 1. The van der Waals surface area contributed by atoms with E-state index in [0.29, 0.717) is 12.6 Å². The van der Waals surface area contributed by atoms with Gasteiger partial charge in [0.2, 0.25) is 5.91 Å². The van der Waals surface area contributed by atoms with Gasteiger partial charge >= 0.3 is 0 Å². The van der Waals surface area contributed by atoms with Gasteiger partial charge in [-0.2, -0.15) is 0 Å². The van der Waals surface area contributed by atoms with Gasteiger partial charge in [-0.3, -0.25) is 9.69 Å². The number of rotatable bonds is 4. The van der Waals surface area contributed by atoms with Crippen LogP contribution in [0.2, 0.25) is 0 Å². The van der Waals surface area contributed by atoms with Crippen molar-refractivity contribution in [3.63, 3.8) is 0 Å². The lowest BCUT2D eigenvalue weighted by atomic mass is 10.1. The molecule has 1 aliphatic rings. The van der Waals surface area contributed by atoms with Crippen molar-refractivity contribution in [3.8, 4) is 0 Å². The number of carbonyl (C=O) groups excluding carboxylic acids is 1. The maximum atomic E-state index is 12.1. The Morgan fingerprint density at radius 3 is 2.55 bits per heavy atom. The zero-order valence-corrected chi connectivity index (χ0v) is 13.2. The highest BCUT2D eigenvalue weighted by molar-refractivity contribution is 5.93. The van der Waals surface area contributed by atoms with Crippen LogP contribution >= 0.6 is 12.4 Å². The number of hydrogen-bond acceptors (Lipinski definition) is 3. The largest absolute Gasteiger partial charge is 0.324 e. The highest BCUT2D eigenvalue weighted by Gasteiger charge is 2.22. The van der Waals surface area contributed by atoms with Crippen LogP contribution in [-0.2, 0) is 4.79 Å². The van der Waals surface area contributed by atoms with Gasteiger partial charge in [0.25, 0.3) is 0 Å². The van der Waals surface area contributed by atoms with Crippen LogP contribution in [-0.4, -0.2) is 43.5 Å². The first kappa shape index (κ1) is 17.0. The summed E-state index contributed by atoms with van der Waals surface area (Å²) in [5, 5.41) is 6.30. The summed E-state index contributed by atoms with van der Waals surface area (Å²) in [5.74, 6) is 0.0779.